The van der Waals surface area contributed by atoms with E-state index in [2.05, 4.69) is 11.9 Å². The molecule has 4 nitrogen and oxygen atoms in total. The van der Waals surface area contributed by atoms with Crippen LogP contribution in [0.25, 0.3) is 23.1 Å². The number of hydrogen-bond donors (Lipinski definition) is 0. The van der Waals surface area contributed by atoms with Crippen molar-refractivity contribution in [1.29, 1.82) is 0 Å². The topological polar surface area (TPSA) is 47.8 Å². The van der Waals surface area contributed by atoms with E-state index in [-0.39, 0.29) is 5.56 Å². The van der Waals surface area contributed by atoms with Crippen molar-refractivity contribution < 1.29 is 0 Å². The van der Waals surface area contributed by atoms with E-state index in [0.717, 1.165) is 48.4 Å². The van der Waals surface area contributed by atoms with Crippen LogP contribution in [0.2, 0.25) is 0 Å². The normalized spacial score (nSPS) is 17.6. The van der Waals surface area contributed by atoms with Gasteiger partial charge in [0.15, 0.2) is 0 Å². The molecule has 0 saturated carbocycles. The van der Waals surface area contributed by atoms with Crippen LogP contribution in [0, 0.1) is 5.92 Å². The molecule has 0 fully saturated rings. The lowest BCUT2D eigenvalue weighted by molar-refractivity contribution is 0.484. The van der Waals surface area contributed by atoms with Gasteiger partial charge in [0.2, 0.25) is 0 Å². The summed E-state index contributed by atoms with van der Waals surface area (Å²) in [5.41, 5.74) is 2.81. The minimum absolute atomic E-state index is 0.0920. The van der Waals surface area contributed by atoms with Gasteiger partial charge in [0.1, 0.15) is 5.82 Å². The monoisotopic (exact) mass is 331 g/mol. The van der Waals surface area contributed by atoms with E-state index in [9.17, 15) is 4.79 Å². The van der Waals surface area contributed by atoms with Crippen molar-refractivity contribution in [2.24, 2.45) is 5.92 Å². The first-order chi connectivity index (χ1) is 12.2. The van der Waals surface area contributed by atoms with E-state index in [4.69, 9.17) is 4.98 Å². The highest BCUT2D eigenvalue weighted by Gasteiger charge is 2.16. The fourth-order valence-corrected chi connectivity index (χ4v) is 3.33. The maximum absolute atomic E-state index is 12.8. The Kier molecular flexibility index (Phi) is 4.18. The van der Waals surface area contributed by atoms with Crippen molar-refractivity contribution in [2.45, 2.75) is 32.7 Å². The van der Waals surface area contributed by atoms with Crippen LogP contribution < -0.4 is 5.56 Å². The third-order valence-corrected chi connectivity index (χ3v) is 4.90. The average molecular weight is 331 g/mol. The Balaban J connectivity index is 1.74. The van der Waals surface area contributed by atoms with Gasteiger partial charge in [-0.3, -0.25) is 14.3 Å². The number of fused-ring (bicyclic) bond motifs is 2. The molecule has 2 aromatic heterocycles. The lowest BCUT2D eigenvalue weighted by atomic mass is 10.0. The Morgan fingerprint density at radius 2 is 2.08 bits per heavy atom. The maximum atomic E-state index is 12.8. The standard InChI is InChI=1S/C21H21N3O/c1-15-5-10-20-23-19-14-16(6-8-17-4-2-3-12-22-17)7-9-18(19)21(25)24(20)13-11-15/h2-4,6-9,12,14-15H,5,10-11,13H2,1H3/b8-6+. The van der Waals surface area contributed by atoms with E-state index in [1.54, 1.807) is 6.20 Å². The number of hydrogen-bond acceptors (Lipinski definition) is 3. The summed E-state index contributed by atoms with van der Waals surface area (Å²) in [6.07, 6.45) is 8.77. The molecule has 126 valence electrons. The van der Waals surface area contributed by atoms with Gasteiger partial charge in [0, 0.05) is 19.2 Å². The second-order valence-corrected chi connectivity index (χ2v) is 6.78. The largest absolute Gasteiger partial charge is 0.296 e. The molecule has 0 bridgehead atoms. The first kappa shape index (κ1) is 15.8. The minimum atomic E-state index is 0.0920. The fraction of sp³-hybridized carbons (Fsp3) is 0.286. The first-order valence-corrected chi connectivity index (χ1v) is 8.83. The second-order valence-electron chi connectivity index (χ2n) is 6.78. The number of rotatable bonds is 2. The SMILES string of the molecule is CC1CCc2nc3cc(/C=C/c4ccccn4)ccc3c(=O)n2CC1. The molecule has 4 rings (SSSR count). The van der Waals surface area contributed by atoms with Crippen molar-refractivity contribution in [3.05, 3.63) is 70.0 Å². The Bertz CT molecular complexity index is 989. The summed E-state index contributed by atoms with van der Waals surface area (Å²) in [5.74, 6) is 1.56. The number of aromatic nitrogens is 3. The van der Waals surface area contributed by atoms with E-state index in [0.29, 0.717) is 11.3 Å². The predicted octanol–water partition coefficient (Wildman–Crippen LogP) is 3.93. The molecule has 1 unspecified atom stereocenters. The molecule has 0 amide bonds. The van der Waals surface area contributed by atoms with Gasteiger partial charge in [-0.05, 0) is 54.7 Å². The van der Waals surface area contributed by atoms with Crippen LogP contribution in [0.4, 0.5) is 0 Å². The fourth-order valence-electron chi connectivity index (χ4n) is 3.33. The molecular weight excluding hydrogens is 310 g/mol. The quantitative estimate of drug-likeness (QED) is 0.715. The molecule has 0 N–H and O–H groups in total. The summed E-state index contributed by atoms with van der Waals surface area (Å²) >= 11 is 0. The van der Waals surface area contributed by atoms with Crippen molar-refractivity contribution in [3.8, 4) is 0 Å². The number of pyridine rings is 1. The van der Waals surface area contributed by atoms with Gasteiger partial charge in [-0.15, -0.1) is 0 Å². The van der Waals surface area contributed by atoms with Crippen LogP contribution in [0.3, 0.4) is 0 Å². The first-order valence-electron chi connectivity index (χ1n) is 8.83. The van der Waals surface area contributed by atoms with Gasteiger partial charge >= 0.3 is 0 Å². The maximum Gasteiger partial charge on any atom is 0.261 e. The number of nitrogens with zero attached hydrogens (tertiary/aromatic N) is 3. The van der Waals surface area contributed by atoms with Crippen LogP contribution in [0.15, 0.2) is 47.4 Å². The summed E-state index contributed by atoms with van der Waals surface area (Å²) in [6, 6.07) is 11.7. The lowest BCUT2D eigenvalue weighted by Crippen LogP contribution is -2.24. The van der Waals surface area contributed by atoms with Gasteiger partial charge < -0.3 is 0 Å². The Morgan fingerprint density at radius 1 is 1.16 bits per heavy atom. The van der Waals surface area contributed by atoms with Gasteiger partial charge in [0.25, 0.3) is 5.56 Å². The van der Waals surface area contributed by atoms with Crippen LogP contribution in [-0.4, -0.2) is 14.5 Å². The van der Waals surface area contributed by atoms with E-state index >= 15 is 0 Å². The van der Waals surface area contributed by atoms with Crippen molar-refractivity contribution in [3.63, 3.8) is 0 Å². The molecule has 0 aliphatic carbocycles. The zero-order valence-electron chi connectivity index (χ0n) is 14.4. The molecule has 1 aliphatic rings. The Morgan fingerprint density at radius 3 is 2.92 bits per heavy atom. The van der Waals surface area contributed by atoms with E-state index < -0.39 is 0 Å². The second kappa shape index (κ2) is 6.63. The Hall–Kier alpha value is -2.75. The predicted molar refractivity (Wildman–Crippen MR) is 101 cm³/mol. The summed E-state index contributed by atoms with van der Waals surface area (Å²) in [5, 5.41) is 0.702. The summed E-state index contributed by atoms with van der Waals surface area (Å²) in [6.45, 7) is 3.02. The van der Waals surface area contributed by atoms with E-state index in [1.165, 1.54) is 0 Å². The van der Waals surface area contributed by atoms with E-state index in [1.807, 2.05) is 53.1 Å². The van der Waals surface area contributed by atoms with Gasteiger partial charge in [-0.1, -0.05) is 25.1 Å². The number of benzene rings is 1. The molecule has 0 radical (unpaired) electrons. The third kappa shape index (κ3) is 3.25. The number of aryl methyl sites for hydroxylation is 1. The summed E-state index contributed by atoms with van der Waals surface area (Å²) in [4.78, 5) is 21.9. The molecule has 3 heterocycles. The molecular formula is C21H21N3O. The smallest absolute Gasteiger partial charge is 0.261 e. The average Bonchev–Trinajstić information content (AvgIpc) is 2.83. The molecule has 1 aliphatic heterocycles. The molecule has 1 atom stereocenters. The van der Waals surface area contributed by atoms with Crippen LogP contribution in [-0.2, 0) is 13.0 Å². The lowest BCUT2D eigenvalue weighted by Gasteiger charge is -2.10. The third-order valence-electron chi connectivity index (χ3n) is 4.90. The molecule has 3 aromatic rings. The molecule has 1 aromatic carbocycles. The van der Waals surface area contributed by atoms with Gasteiger partial charge in [-0.25, -0.2) is 4.98 Å². The van der Waals surface area contributed by atoms with Crippen molar-refractivity contribution in [2.75, 3.05) is 0 Å². The van der Waals surface area contributed by atoms with Crippen LogP contribution in [0.5, 0.6) is 0 Å². The highest BCUT2D eigenvalue weighted by molar-refractivity contribution is 5.82. The minimum Gasteiger partial charge on any atom is -0.296 e. The Labute approximate surface area is 146 Å². The zero-order valence-corrected chi connectivity index (χ0v) is 14.4. The van der Waals surface area contributed by atoms with Crippen LogP contribution >= 0.6 is 0 Å². The zero-order chi connectivity index (χ0) is 17.2. The molecule has 4 heteroatoms. The van der Waals surface area contributed by atoms with Crippen molar-refractivity contribution in [1.82, 2.24) is 14.5 Å². The highest BCUT2D eigenvalue weighted by Crippen LogP contribution is 2.20. The summed E-state index contributed by atoms with van der Waals surface area (Å²) < 4.78 is 1.87. The molecule has 25 heavy (non-hydrogen) atoms. The summed E-state index contributed by atoms with van der Waals surface area (Å²) in [7, 11) is 0. The van der Waals surface area contributed by atoms with Crippen LogP contribution in [0.1, 0.15) is 36.8 Å². The van der Waals surface area contributed by atoms with Crippen molar-refractivity contribution >= 4 is 23.1 Å². The highest BCUT2D eigenvalue weighted by atomic mass is 16.1. The van der Waals surface area contributed by atoms with Gasteiger partial charge in [-0.2, -0.15) is 0 Å². The molecule has 0 saturated heterocycles. The molecule has 0 spiro atoms. The van der Waals surface area contributed by atoms with Gasteiger partial charge in [0.05, 0.1) is 16.6 Å².